The molecule has 1 aromatic carbocycles. The lowest BCUT2D eigenvalue weighted by molar-refractivity contribution is -0.116. The SMILES string of the molecule is CCOc1ccccc1[C@H]1CC(=O)Nc2c1cnn2C(C)C. The van der Waals surface area contributed by atoms with Crippen molar-refractivity contribution in [1.82, 2.24) is 9.78 Å². The first-order valence-corrected chi connectivity index (χ1v) is 7.70. The highest BCUT2D eigenvalue weighted by Crippen LogP contribution is 2.41. The maximum Gasteiger partial charge on any atom is 0.226 e. The zero-order valence-electron chi connectivity index (χ0n) is 13.2. The van der Waals surface area contributed by atoms with Crippen LogP contribution in [0.1, 0.15) is 50.3 Å². The van der Waals surface area contributed by atoms with Gasteiger partial charge in [-0.1, -0.05) is 18.2 Å². The second-order valence-corrected chi connectivity index (χ2v) is 5.76. The fraction of sp³-hybridized carbons (Fsp3) is 0.412. The van der Waals surface area contributed by atoms with Crippen LogP contribution in [0.3, 0.4) is 0 Å². The molecular weight excluding hydrogens is 278 g/mol. The third kappa shape index (κ3) is 2.47. The minimum atomic E-state index is -0.0148. The summed E-state index contributed by atoms with van der Waals surface area (Å²) >= 11 is 0. The van der Waals surface area contributed by atoms with E-state index in [0.717, 1.165) is 22.7 Å². The van der Waals surface area contributed by atoms with E-state index in [9.17, 15) is 4.79 Å². The number of para-hydroxylation sites is 1. The lowest BCUT2D eigenvalue weighted by Gasteiger charge is -2.25. The van der Waals surface area contributed by atoms with Crippen molar-refractivity contribution in [2.45, 2.75) is 39.2 Å². The highest BCUT2D eigenvalue weighted by molar-refractivity contribution is 5.94. The van der Waals surface area contributed by atoms with Crippen LogP contribution < -0.4 is 10.1 Å². The van der Waals surface area contributed by atoms with E-state index in [-0.39, 0.29) is 17.9 Å². The molecule has 116 valence electrons. The van der Waals surface area contributed by atoms with Gasteiger partial charge in [-0.05, 0) is 26.8 Å². The monoisotopic (exact) mass is 299 g/mol. The van der Waals surface area contributed by atoms with Crippen LogP contribution in [0.25, 0.3) is 0 Å². The Labute approximate surface area is 130 Å². The standard InChI is InChI=1S/C17H21N3O2/c1-4-22-15-8-6-5-7-12(15)13-9-16(21)19-17-14(13)10-18-20(17)11(2)3/h5-8,10-11,13H,4,9H2,1-3H3,(H,19,21)/t13-/m1/s1. The first kappa shape index (κ1) is 14.6. The van der Waals surface area contributed by atoms with Crippen molar-refractivity contribution in [3.8, 4) is 5.75 Å². The van der Waals surface area contributed by atoms with Crippen LogP contribution in [-0.4, -0.2) is 22.3 Å². The Bertz CT molecular complexity index is 691. The number of hydrogen-bond donors (Lipinski definition) is 1. The van der Waals surface area contributed by atoms with Gasteiger partial charge in [-0.2, -0.15) is 5.10 Å². The number of rotatable bonds is 4. The van der Waals surface area contributed by atoms with Crippen molar-refractivity contribution in [2.24, 2.45) is 0 Å². The van der Waals surface area contributed by atoms with E-state index in [1.54, 1.807) is 0 Å². The summed E-state index contributed by atoms with van der Waals surface area (Å²) in [7, 11) is 0. The summed E-state index contributed by atoms with van der Waals surface area (Å²) in [5.41, 5.74) is 2.10. The van der Waals surface area contributed by atoms with E-state index in [2.05, 4.69) is 24.3 Å². The topological polar surface area (TPSA) is 56.1 Å². The number of ether oxygens (including phenoxy) is 1. The molecule has 2 aromatic rings. The van der Waals surface area contributed by atoms with Crippen LogP contribution >= 0.6 is 0 Å². The van der Waals surface area contributed by atoms with Gasteiger partial charge < -0.3 is 10.1 Å². The van der Waals surface area contributed by atoms with Crippen molar-refractivity contribution in [3.63, 3.8) is 0 Å². The molecule has 1 atom stereocenters. The molecule has 22 heavy (non-hydrogen) atoms. The lowest BCUT2D eigenvalue weighted by Crippen LogP contribution is -2.25. The predicted molar refractivity (Wildman–Crippen MR) is 85.3 cm³/mol. The van der Waals surface area contributed by atoms with E-state index in [1.807, 2.05) is 42.1 Å². The van der Waals surface area contributed by atoms with Crippen LogP contribution in [0.2, 0.25) is 0 Å². The van der Waals surface area contributed by atoms with Crippen molar-refractivity contribution in [1.29, 1.82) is 0 Å². The van der Waals surface area contributed by atoms with Crippen LogP contribution in [0.4, 0.5) is 5.82 Å². The van der Waals surface area contributed by atoms with Crippen molar-refractivity contribution in [2.75, 3.05) is 11.9 Å². The maximum atomic E-state index is 12.2. The normalized spacial score (nSPS) is 17.3. The number of aromatic nitrogens is 2. The number of hydrogen-bond acceptors (Lipinski definition) is 3. The summed E-state index contributed by atoms with van der Waals surface area (Å²) in [4.78, 5) is 12.2. The van der Waals surface area contributed by atoms with Crippen molar-refractivity contribution >= 4 is 11.7 Å². The van der Waals surface area contributed by atoms with E-state index in [4.69, 9.17) is 4.74 Å². The molecule has 0 radical (unpaired) electrons. The Morgan fingerprint density at radius 1 is 1.36 bits per heavy atom. The molecule has 2 heterocycles. The molecule has 0 unspecified atom stereocenters. The predicted octanol–water partition coefficient (Wildman–Crippen LogP) is 3.34. The first-order chi connectivity index (χ1) is 10.6. The molecule has 1 aliphatic rings. The Morgan fingerprint density at radius 3 is 2.86 bits per heavy atom. The highest BCUT2D eigenvalue weighted by Gasteiger charge is 2.31. The van der Waals surface area contributed by atoms with Gasteiger partial charge in [0.15, 0.2) is 0 Å². The van der Waals surface area contributed by atoms with E-state index >= 15 is 0 Å². The third-order valence-corrected chi connectivity index (χ3v) is 3.93. The zero-order valence-corrected chi connectivity index (χ0v) is 13.2. The number of amides is 1. The second-order valence-electron chi connectivity index (χ2n) is 5.76. The molecule has 5 heteroatoms. The average molecular weight is 299 g/mol. The number of benzene rings is 1. The number of nitrogens with zero attached hydrogens (tertiary/aromatic N) is 2. The van der Waals surface area contributed by atoms with Gasteiger partial charge in [-0.15, -0.1) is 0 Å². The van der Waals surface area contributed by atoms with Gasteiger partial charge in [0.05, 0.1) is 12.8 Å². The molecule has 3 rings (SSSR count). The largest absolute Gasteiger partial charge is 0.494 e. The van der Waals surface area contributed by atoms with Gasteiger partial charge in [0.25, 0.3) is 0 Å². The minimum absolute atomic E-state index is 0.0148. The fourth-order valence-electron chi connectivity index (χ4n) is 2.96. The molecule has 1 aromatic heterocycles. The number of nitrogens with one attached hydrogen (secondary N) is 1. The smallest absolute Gasteiger partial charge is 0.226 e. The molecule has 0 fully saturated rings. The summed E-state index contributed by atoms with van der Waals surface area (Å²) in [6, 6.07) is 8.12. The summed E-state index contributed by atoms with van der Waals surface area (Å²) in [5, 5.41) is 7.41. The molecular formula is C17H21N3O2. The van der Waals surface area contributed by atoms with Crippen molar-refractivity contribution < 1.29 is 9.53 Å². The minimum Gasteiger partial charge on any atom is -0.494 e. The highest BCUT2D eigenvalue weighted by atomic mass is 16.5. The molecule has 0 aliphatic carbocycles. The summed E-state index contributed by atoms with van der Waals surface area (Å²) in [6.07, 6.45) is 2.28. The fourth-order valence-corrected chi connectivity index (χ4v) is 2.96. The quantitative estimate of drug-likeness (QED) is 0.942. The van der Waals surface area contributed by atoms with Crippen LogP contribution in [0.5, 0.6) is 5.75 Å². The van der Waals surface area contributed by atoms with Crippen LogP contribution in [0.15, 0.2) is 30.5 Å². The van der Waals surface area contributed by atoms with Gasteiger partial charge in [0.1, 0.15) is 11.6 Å². The zero-order chi connectivity index (χ0) is 15.7. The Hall–Kier alpha value is -2.30. The Balaban J connectivity index is 2.08. The molecule has 1 aliphatic heterocycles. The number of carbonyl (C=O) groups excluding carboxylic acids is 1. The van der Waals surface area contributed by atoms with Crippen molar-refractivity contribution in [3.05, 3.63) is 41.6 Å². The molecule has 5 nitrogen and oxygen atoms in total. The number of carbonyl (C=O) groups is 1. The summed E-state index contributed by atoms with van der Waals surface area (Å²) in [5.74, 6) is 1.65. The lowest BCUT2D eigenvalue weighted by atomic mass is 9.87. The molecule has 1 N–H and O–H groups in total. The van der Waals surface area contributed by atoms with Crippen LogP contribution in [-0.2, 0) is 4.79 Å². The van der Waals surface area contributed by atoms with Gasteiger partial charge in [-0.3, -0.25) is 4.79 Å². The third-order valence-electron chi connectivity index (χ3n) is 3.93. The summed E-state index contributed by atoms with van der Waals surface area (Å²) < 4.78 is 7.60. The van der Waals surface area contributed by atoms with Gasteiger partial charge in [-0.25, -0.2) is 4.68 Å². The van der Waals surface area contributed by atoms with Gasteiger partial charge >= 0.3 is 0 Å². The second kappa shape index (κ2) is 5.83. The molecule has 0 saturated carbocycles. The molecule has 0 saturated heterocycles. The van der Waals surface area contributed by atoms with E-state index in [1.165, 1.54) is 0 Å². The molecule has 1 amide bonds. The van der Waals surface area contributed by atoms with Gasteiger partial charge in [0, 0.05) is 29.5 Å². The average Bonchev–Trinajstić information content (AvgIpc) is 2.91. The summed E-state index contributed by atoms with van der Waals surface area (Å²) in [6.45, 7) is 6.68. The van der Waals surface area contributed by atoms with Crippen LogP contribution in [0, 0.1) is 0 Å². The first-order valence-electron chi connectivity index (χ1n) is 7.70. The number of fused-ring (bicyclic) bond motifs is 1. The van der Waals surface area contributed by atoms with Gasteiger partial charge in [0.2, 0.25) is 5.91 Å². The van der Waals surface area contributed by atoms with E-state index in [0.29, 0.717) is 13.0 Å². The Morgan fingerprint density at radius 2 is 2.14 bits per heavy atom. The maximum absolute atomic E-state index is 12.2. The molecule has 0 bridgehead atoms. The Kier molecular flexibility index (Phi) is 3.88. The van der Waals surface area contributed by atoms with E-state index < -0.39 is 0 Å². The number of anilines is 1. The molecule has 0 spiro atoms.